The molecule has 2 amide bonds. The van der Waals surface area contributed by atoms with Gasteiger partial charge in [0.15, 0.2) is 0 Å². The molecule has 3 rings (SSSR count). The third-order valence-electron chi connectivity index (χ3n) is 5.85. The van der Waals surface area contributed by atoms with E-state index >= 15 is 0 Å². The highest BCUT2D eigenvalue weighted by Gasteiger charge is 2.36. The number of likely N-dealkylation sites (tertiary alicyclic amines) is 1. The molecule has 1 fully saturated rings. The average Bonchev–Trinajstić information content (AvgIpc) is 2.92. The maximum atomic E-state index is 13.4. The smallest absolute Gasteiger partial charge is 0.410 e. The number of alkyl halides is 1. The second kappa shape index (κ2) is 15.6. The van der Waals surface area contributed by atoms with E-state index in [0.29, 0.717) is 18.7 Å². The Hall–Kier alpha value is -2.82. The van der Waals surface area contributed by atoms with Gasteiger partial charge in [-0.25, -0.2) is 9.59 Å². The van der Waals surface area contributed by atoms with Crippen LogP contribution in [0.5, 0.6) is 5.75 Å². The molecule has 1 saturated heterocycles. The summed E-state index contributed by atoms with van der Waals surface area (Å²) in [5.74, 6) is -0.222. The van der Waals surface area contributed by atoms with E-state index in [-0.39, 0.29) is 13.0 Å². The molecule has 0 aliphatic carbocycles. The summed E-state index contributed by atoms with van der Waals surface area (Å²) in [4.78, 5) is 42.7. The maximum Gasteiger partial charge on any atom is 0.410 e. The van der Waals surface area contributed by atoms with Crippen LogP contribution in [0.3, 0.4) is 0 Å². The first kappa shape index (κ1) is 31.4. The van der Waals surface area contributed by atoms with Crippen molar-refractivity contribution >= 4 is 40.6 Å². The van der Waals surface area contributed by atoms with E-state index in [1.807, 2.05) is 47.4 Å². The Balaban J connectivity index is 0.00000247. The summed E-state index contributed by atoms with van der Waals surface area (Å²) in [5, 5.41) is 2.85. The number of methoxy groups -OCH3 is 1. The molecule has 1 N–H and O–H groups in total. The predicted molar refractivity (Wildman–Crippen MR) is 155 cm³/mol. The number of nitrogens with one attached hydrogen (secondary N) is 1. The van der Waals surface area contributed by atoms with Crippen LogP contribution in [0.4, 0.5) is 4.79 Å². The monoisotopic (exact) mass is 638 g/mol. The molecule has 0 spiro atoms. The lowest BCUT2D eigenvalue weighted by Crippen LogP contribution is -2.56. The number of benzene rings is 2. The van der Waals surface area contributed by atoms with E-state index in [0.717, 1.165) is 24.0 Å². The number of esters is 1. The summed E-state index contributed by atoms with van der Waals surface area (Å²) in [6.07, 6.45) is 1.79. The van der Waals surface area contributed by atoms with Gasteiger partial charge in [-0.3, -0.25) is 9.69 Å². The SMILES string of the molecule is CI.COc1ccc(C[C@H](NC(=O)[C@@H]2CCCCN2C(=O)OCc2ccccc2)C(=O)OC(C)(C)C)cc1. The van der Waals surface area contributed by atoms with Crippen molar-refractivity contribution in [2.75, 3.05) is 18.6 Å². The summed E-state index contributed by atoms with van der Waals surface area (Å²) in [6.45, 7) is 5.89. The average molecular weight is 639 g/mol. The molecule has 0 aromatic heterocycles. The number of hydrogen-bond donors (Lipinski definition) is 1. The Bertz CT molecular complexity index is 1020. The van der Waals surface area contributed by atoms with Crippen molar-refractivity contribution in [2.45, 2.75) is 70.7 Å². The standard InChI is InChI=1S/C28H36N2O6.CH3I/c1-28(2,3)36-26(32)23(18-20-13-15-22(34-4)16-14-20)29-25(31)24-12-8-9-17-30(24)27(33)35-19-21-10-6-5-7-11-21;1-2/h5-7,10-11,13-16,23-24H,8-9,12,17-19H2,1-4H3,(H,29,31);1H3/t23-,24-;/m0./s1. The lowest BCUT2D eigenvalue weighted by Gasteiger charge is -2.35. The quantitative estimate of drug-likeness (QED) is 0.240. The fourth-order valence-electron chi connectivity index (χ4n) is 4.06. The second-order valence-corrected chi connectivity index (χ2v) is 9.89. The molecule has 1 aliphatic rings. The van der Waals surface area contributed by atoms with Crippen molar-refractivity contribution in [1.82, 2.24) is 10.2 Å². The molecular weight excluding hydrogens is 599 g/mol. The van der Waals surface area contributed by atoms with Crippen LogP contribution in [0.1, 0.15) is 51.2 Å². The van der Waals surface area contributed by atoms with E-state index in [1.54, 1.807) is 40.0 Å². The van der Waals surface area contributed by atoms with Crippen molar-refractivity contribution in [3.8, 4) is 5.75 Å². The fraction of sp³-hybridized carbons (Fsp3) is 0.483. The lowest BCUT2D eigenvalue weighted by atomic mass is 10.0. The molecule has 8 nitrogen and oxygen atoms in total. The van der Waals surface area contributed by atoms with Gasteiger partial charge in [-0.15, -0.1) is 0 Å². The zero-order chi connectivity index (χ0) is 28.1. The molecule has 1 heterocycles. The first-order valence-electron chi connectivity index (χ1n) is 12.7. The van der Waals surface area contributed by atoms with Crippen molar-refractivity contribution < 1.29 is 28.6 Å². The van der Waals surface area contributed by atoms with Gasteiger partial charge in [0.05, 0.1) is 7.11 Å². The zero-order valence-corrected chi connectivity index (χ0v) is 25.0. The Labute approximate surface area is 239 Å². The van der Waals surface area contributed by atoms with Crippen molar-refractivity contribution in [3.05, 3.63) is 65.7 Å². The predicted octanol–water partition coefficient (Wildman–Crippen LogP) is 5.31. The Morgan fingerprint density at radius 3 is 2.26 bits per heavy atom. The first-order chi connectivity index (χ1) is 18.2. The van der Waals surface area contributed by atoms with Crippen LogP contribution in [0.15, 0.2) is 54.6 Å². The van der Waals surface area contributed by atoms with E-state index < -0.39 is 35.7 Å². The van der Waals surface area contributed by atoms with Gasteiger partial charge in [-0.2, -0.15) is 0 Å². The molecule has 2 aromatic carbocycles. The molecule has 1 aliphatic heterocycles. The van der Waals surface area contributed by atoms with Crippen LogP contribution in [0.25, 0.3) is 0 Å². The maximum absolute atomic E-state index is 13.4. The molecule has 2 atom stereocenters. The van der Waals surface area contributed by atoms with Gasteiger partial charge in [0.2, 0.25) is 5.91 Å². The molecule has 38 heavy (non-hydrogen) atoms. The van der Waals surface area contributed by atoms with Gasteiger partial charge in [-0.05, 0) is 68.2 Å². The minimum absolute atomic E-state index is 0.127. The number of halogens is 1. The minimum atomic E-state index is -0.908. The van der Waals surface area contributed by atoms with E-state index in [4.69, 9.17) is 14.2 Å². The van der Waals surface area contributed by atoms with Gasteiger partial charge < -0.3 is 19.5 Å². The third-order valence-corrected chi connectivity index (χ3v) is 5.85. The number of piperidine rings is 1. The zero-order valence-electron chi connectivity index (χ0n) is 22.9. The summed E-state index contributed by atoms with van der Waals surface area (Å²) in [6, 6.07) is 15.0. The van der Waals surface area contributed by atoms with Gasteiger partial charge in [0.25, 0.3) is 0 Å². The van der Waals surface area contributed by atoms with Crippen LogP contribution in [0, 0.1) is 0 Å². The first-order valence-corrected chi connectivity index (χ1v) is 14.8. The van der Waals surface area contributed by atoms with Crippen LogP contribution in [-0.2, 0) is 32.1 Å². The second-order valence-electron chi connectivity index (χ2n) is 9.89. The minimum Gasteiger partial charge on any atom is -0.497 e. The number of nitrogens with zero attached hydrogens (tertiary/aromatic N) is 1. The van der Waals surface area contributed by atoms with E-state index in [1.165, 1.54) is 4.90 Å². The normalized spacial score (nSPS) is 15.8. The van der Waals surface area contributed by atoms with Crippen LogP contribution >= 0.6 is 22.6 Å². The topological polar surface area (TPSA) is 94.2 Å². The molecular formula is C29H39IN2O6. The van der Waals surface area contributed by atoms with Gasteiger partial charge in [-0.1, -0.05) is 65.1 Å². The molecule has 0 radical (unpaired) electrons. The third kappa shape index (κ3) is 10.2. The highest BCUT2D eigenvalue weighted by Crippen LogP contribution is 2.20. The van der Waals surface area contributed by atoms with Gasteiger partial charge >= 0.3 is 12.1 Å². The summed E-state index contributed by atoms with van der Waals surface area (Å²) >= 11 is 2.15. The Kier molecular flexibility index (Phi) is 12.9. The van der Waals surface area contributed by atoms with Crippen molar-refractivity contribution in [3.63, 3.8) is 0 Å². The Morgan fingerprint density at radius 2 is 1.66 bits per heavy atom. The number of rotatable bonds is 8. The molecule has 2 aromatic rings. The molecule has 0 saturated carbocycles. The summed E-state index contributed by atoms with van der Waals surface area (Å²) < 4.78 is 16.3. The molecule has 208 valence electrons. The summed E-state index contributed by atoms with van der Waals surface area (Å²) in [5.41, 5.74) is 1.00. The molecule has 0 unspecified atom stereocenters. The number of carbonyl (C=O) groups is 3. The number of ether oxygens (including phenoxy) is 3. The largest absolute Gasteiger partial charge is 0.497 e. The van der Waals surface area contributed by atoms with Crippen LogP contribution in [-0.4, -0.2) is 59.1 Å². The van der Waals surface area contributed by atoms with E-state index in [9.17, 15) is 14.4 Å². The fourth-order valence-corrected chi connectivity index (χ4v) is 4.06. The molecule has 9 heteroatoms. The highest BCUT2D eigenvalue weighted by molar-refractivity contribution is 14.1. The highest BCUT2D eigenvalue weighted by atomic mass is 127. The number of carbonyl (C=O) groups excluding carboxylic acids is 3. The van der Waals surface area contributed by atoms with Crippen molar-refractivity contribution in [2.24, 2.45) is 0 Å². The van der Waals surface area contributed by atoms with Gasteiger partial charge in [0, 0.05) is 13.0 Å². The number of amides is 2. The van der Waals surface area contributed by atoms with Crippen LogP contribution in [0.2, 0.25) is 0 Å². The van der Waals surface area contributed by atoms with Crippen LogP contribution < -0.4 is 10.1 Å². The van der Waals surface area contributed by atoms with Gasteiger partial charge in [0.1, 0.15) is 30.0 Å². The number of hydrogen-bond acceptors (Lipinski definition) is 6. The summed E-state index contributed by atoms with van der Waals surface area (Å²) in [7, 11) is 1.58. The van der Waals surface area contributed by atoms with Crippen molar-refractivity contribution in [1.29, 1.82) is 0 Å². The lowest BCUT2D eigenvalue weighted by molar-refractivity contribution is -0.159. The Morgan fingerprint density at radius 1 is 1.00 bits per heavy atom. The van der Waals surface area contributed by atoms with E-state index in [2.05, 4.69) is 27.9 Å². The molecule has 0 bridgehead atoms.